The fourth-order valence-electron chi connectivity index (χ4n) is 1.63. The lowest BCUT2D eigenvalue weighted by atomic mass is 10.1. The van der Waals surface area contributed by atoms with Gasteiger partial charge in [0.25, 0.3) is 0 Å². The maximum atomic E-state index is 11.7. The van der Waals surface area contributed by atoms with Crippen LogP contribution in [-0.2, 0) is 11.3 Å². The fraction of sp³-hybridized carbons (Fsp3) is 0.125. The predicted octanol–water partition coefficient (Wildman–Crippen LogP) is 2.79. The van der Waals surface area contributed by atoms with E-state index in [1.165, 1.54) is 11.6 Å². The van der Waals surface area contributed by atoms with Crippen LogP contribution in [0.3, 0.4) is 0 Å². The number of hydrogen-bond acceptors (Lipinski definition) is 3. The van der Waals surface area contributed by atoms with E-state index >= 15 is 0 Å². The molecule has 0 unspecified atom stereocenters. The van der Waals surface area contributed by atoms with Crippen LogP contribution in [0.2, 0.25) is 0 Å². The second-order valence-corrected chi connectivity index (χ2v) is 4.90. The van der Waals surface area contributed by atoms with Gasteiger partial charge in [-0.1, -0.05) is 29.8 Å². The van der Waals surface area contributed by atoms with Gasteiger partial charge in [0.2, 0.25) is 5.91 Å². The molecule has 0 aliphatic heterocycles. The highest BCUT2D eigenvalue weighted by Crippen LogP contribution is 2.04. The van der Waals surface area contributed by atoms with Gasteiger partial charge in [-0.05, 0) is 42.9 Å². The van der Waals surface area contributed by atoms with E-state index in [0.717, 1.165) is 11.3 Å². The van der Waals surface area contributed by atoms with Crippen molar-refractivity contribution in [3.05, 3.63) is 65.6 Å². The van der Waals surface area contributed by atoms with Crippen LogP contribution in [0.4, 0.5) is 0 Å². The van der Waals surface area contributed by atoms with E-state index in [0.29, 0.717) is 6.54 Å². The maximum absolute atomic E-state index is 11.7. The third kappa shape index (κ3) is 5.24. The molecule has 108 valence electrons. The summed E-state index contributed by atoms with van der Waals surface area (Å²) >= 11 is 5.03. The van der Waals surface area contributed by atoms with Crippen molar-refractivity contribution >= 4 is 29.3 Å². The second kappa shape index (κ2) is 7.40. The number of carbonyl (C=O) groups excluding carboxylic acids is 1. The number of thiocarbonyl (C=S) groups is 1. The summed E-state index contributed by atoms with van der Waals surface area (Å²) in [6, 6.07) is 11.5. The van der Waals surface area contributed by atoms with Crippen LogP contribution < -0.4 is 10.6 Å². The average molecular weight is 300 g/mol. The maximum Gasteiger partial charge on any atom is 0.250 e. The Balaban J connectivity index is 1.78. The molecule has 0 bridgehead atoms. The summed E-state index contributed by atoms with van der Waals surface area (Å²) in [6.45, 7) is 2.46. The van der Waals surface area contributed by atoms with Gasteiger partial charge in [-0.3, -0.25) is 10.1 Å². The molecule has 0 radical (unpaired) electrons. The molecule has 0 saturated heterocycles. The Hall–Kier alpha value is -2.40. The van der Waals surface area contributed by atoms with Crippen LogP contribution in [0.5, 0.6) is 0 Å². The first-order chi connectivity index (χ1) is 10.1. The van der Waals surface area contributed by atoms with E-state index < -0.39 is 0 Å². The lowest BCUT2D eigenvalue weighted by Gasteiger charge is -2.06. The first-order valence-electron chi connectivity index (χ1n) is 6.49. The lowest BCUT2D eigenvalue weighted by molar-refractivity contribution is -0.115. The van der Waals surface area contributed by atoms with E-state index in [-0.39, 0.29) is 11.0 Å². The van der Waals surface area contributed by atoms with E-state index in [9.17, 15) is 4.79 Å². The summed E-state index contributed by atoms with van der Waals surface area (Å²) in [5, 5.41) is 5.74. The van der Waals surface area contributed by atoms with Crippen LogP contribution in [-0.4, -0.2) is 11.0 Å². The molecule has 1 aromatic heterocycles. The molecule has 1 amide bonds. The predicted molar refractivity (Wildman–Crippen MR) is 86.5 cm³/mol. The normalized spacial score (nSPS) is 10.5. The number of furan rings is 1. The molecular formula is C16H16N2O2S. The zero-order valence-corrected chi connectivity index (χ0v) is 12.4. The molecule has 21 heavy (non-hydrogen) atoms. The molecule has 1 aromatic carbocycles. The summed E-state index contributed by atoms with van der Waals surface area (Å²) in [6.07, 6.45) is 4.78. The van der Waals surface area contributed by atoms with Crippen molar-refractivity contribution in [1.82, 2.24) is 10.6 Å². The SMILES string of the molecule is Cc1ccc(/C=C/C(=O)NC(=S)NCc2ccco2)cc1. The van der Waals surface area contributed by atoms with E-state index in [1.54, 1.807) is 18.4 Å². The highest BCUT2D eigenvalue weighted by atomic mass is 32.1. The van der Waals surface area contributed by atoms with Gasteiger partial charge in [0.05, 0.1) is 12.8 Å². The lowest BCUT2D eigenvalue weighted by Crippen LogP contribution is -2.37. The minimum atomic E-state index is -0.271. The molecule has 0 saturated carbocycles. The molecule has 0 aliphatic rings. The van der Waals surface area contributed by atoms with Gasteiger partial charge in [0.15, 0.2) is 5.11 Å². The standard InChI is InChI=1S/C16H16N2O2S/c1-12-4-6-13(7-5-12)8-9-15(19)18-16(21)17-11-14-3-2-10-20-14/h2-10H,11H2,1H3,(H2,17,18,19,21)/b9-8+. The van der Waals surface area contributed by atoms with Crippen LogP contribution in [0.1, 0.15) is 16.9 Å². The second-order valence-electron chi connectivity index (χ2n) is 4.50. The molecule has 2 aromatic rings. The third-order valence-corrected chi connectivity index (χ3v) is 2.99. The zero-order valence-electron chi connectivity index (χ0n) is 11.6. The number of benzene rings is 1. The monoisotopic (exact) mass is 300 g/mol. The molecule has 0 spiro atoms. The molecule has 2 rings (SSSR count). The Morgan fingerprint density at radius 1 is 1.29 bits per heavy atom. The number of hydrogen-bond donors (Lipinski definition) is 2. The summed E-state index contributed by atoms with van der Waals surface area (Å²) < 4.78 is 5.16. The van der Waals surface area contributed by atoms with Gasteiger partial charge in [0.1, 0.15) is 5.76 Å². The van der Waals surface area contributed by atoms with Gasteiger partial charge in [0, 0.05) is 6.08 Å². The molecule has 5 heteroatoms. The average Bonchev–Trinajstić information content (AvgIpc) is 2.98. The van der Waals surface area contributed by atoms with Crippen LogP contribution >= 0.6 is 12.2 Å². The highest BCUT2D eigenvalue weighted by molar-refractivity contribution is 7.80. The largest absolute Gasteiger partial charge is 0.467 e. The minimum Gasteiger partial charge on any atom is -0.467 e. The summed E-state index contributed by atoms with van der Waals surface area (Å²) in [5.41, 5.74) is 2.14. The highest BCUT2D eigenvalue weighted by Gasteiger charge is 2.01. The Morgan fingerprint density at radius 3 is 2.71 bits per heavy atom. The van der Waals surface area contributed by atoms with Crippen molar-refractivity contribution < 1.29 is 9.21 Å². The van der Waals surface area contributed by atoms with Gasteiger partial charge in [-0.25, -0.2) is 0 Å². The van der Waals surface area contributed by atoms with Crippen LogP contribution in [0, 0.1) is 6.92 Å². The molecule has 4 nitrogen and oxygen atoms in total. The molecule has 0 fully saturated rings. The Morgan fingerprint density at radius 2 is 2.05 bits per heavy atom. The smallest absolute Gasteiger partial charge is 0.250 e. The first-order valence-corrected chi connectivity index (χ1v) is 6.90. The van der Waals surface area contributed by atoms with E-state index in [4.69, 9.17) is 16.6 Å². The number of amides is 1. The van der Waals surface area contributed by atoms with Crippen molar-refractivity contribution in [2.24, 2.45) is 0 Å². The zero-order chi connectivity index (χ0) is 15.1. The molecule has 0 atom stereocenters. The fourth-order valence-corrected chi connectivity index (χ4v) is 1.80. The third-order valence-electron chi connectivity index (χ3n) is 2.74. The van der Waals surface area contributed by atoms with Gasteiger partial charge >= 0.3 is 0 Å². The van der Waals surface area contributed by atoms with Crippen LogP contribution in [0.15, 0.2) is 53.2 Å². The molecule has 1 heterocycles. The molecule has 0 aliphatic carbocycles. The summed E-state index contributed by atoms with van der Waals surface area (Å²) in [4.78, 5) is 11.7. The van der Waals surface area contributed by atoms with Crippen LogP contribution in [0.25, 0.3) is 6.08 Å². The Labute approximate surface area is 128 Å². The number of rotatable bonds is 4. The number of carbonyl (C=O) groups is 1. The van der Waals surface area contributed by atoms with Crippen molar-refractivity contribution in [1.29, 1.82) is 0 Å². The van der Waals surface area contributed by atoms with Crippen molar-refractivity contribution in [3.8, 4) is 0 Å². The minimum absolute atomic E-state index is 0.268. The van der Waals surface area contributed by atoms with E-state index in [2.05, 4.69) is 10.6 Å². The van der Waals surface area contributed by atoms with Gasteiger partial charge in [-0.15, -0.1) is 0 Å². The van der Waals surface area contributed by atoms with E-state index in [1.807, 2.05) is 37.3 Å². The topological polar surface area (TPSA) is 54.3 Å². The number of nitrogens with one attached hydrogen (secondary N) is 2. The Bertz CT molecular complexity index is 631. The van der Waals surface area contributed by atoms with Crippen molar-refractivity contribution in [2.45, 2.75) is 13.5 Å². The van der Waals surface area contributed by atoms with Crippen molar-refractivity contribution in [3.63, 3.8) is 0 Å². The number of aryl methyl sites for hydroxylation is 1. The molecular weight excluding hydrogens is 284 g/mol. The first kappa shape index (κ1) is 15.0. The Kier molecular flexibility index (Phi) is 5.29. The molecule has 2 N–H and O–H groups in total. The van der Waals surface area contributed by atoms with Crippen molar-refractivity contribution in [2.75, 3.05) is 0 Å². The van der Waals surface area contributed by atoms with Gasteiger partial charge < -0.3 is 9.73 Å². The van der Waals surface area contributed by atoms with Gasteiger partial charge in [-0.2, -0.15) is 0 Å². The summed E-state index contributed by atoms with van der Waals surface area (Å²) in [5.74, 6) is 0.481. The quantitative estimate of drug-likeness (QED) is 0.673. The summed E-state index contributed by atoms with van der Waals surface area (Å²) in [7, 11) is 0.